The first-order chi connectivity index (χ1) is 6.29. The van der Waals surface area contributed by atoms with E-state index in [1.807, 2.05) is 30.4 Å². The number of rotatable bonds is 4. The minimum Gasteiger partial charge on any atom is -0.388 e. The fraction of sp³-hybridized carbons (Fsp3) is 0.333. The molecule has 0 aromatic heterocycles. The van der Waals surface area contributed by atoms with E-state index in [1.165, 1.54) is 0 Å². The molecule has 0 spiro atoms. The van der Waals surface area contributed by atoms with Crippen LogP contribution in [-0.4, -0.2) is 11.2 Å². The Hall–Kier alpha value is -1.08. The lowest BCUT2D eigenvalue weighted by molar-refractivity contribution is 0.162. The Kier molecular flexibility index (Phi) is 3.71. The van der Waals surface area contributed by atoms with Gasteiger partial charge < -0.3 is 5.11 Å². The maximum Gasteiger partial charge on any atom is 0.0821 e. The largest absolute Gasteiger partial charge is 0.388 e. The van der Waals surface area contributed by atoms with E-state index in [4.69, 9.17) is 0 Å². The van der Waals surface area contributed by atoms with Crippen molar-refractivity contribution < 1.29 is 5.11 Å². The van der Waals surface area contributed by atoms with Gasteiger partial charge in [-0.3, -0.25) is 0 Å². The molecule has 2 unspecified atom stereocenters. The van der Waals surface area contributed by atoms with E-state index < -0.39 is 0 Å². The monoisotopic (exact) mass is 176 g/mol. The predicted molar refractivity (Wildman–Crippen MR) is 56.3 cm³/mol. The highest BCUT2D eigenvalue weighted by molar-refractivity contribution is 5.26. The molecule has 70 valence electrons. The van der Waals surface area contributed by atoms with Crippen LogP contribution in [0.5, 0.6) is 0 Å². The van der Waals surface area contributed by atoms with Crippen molar-refractivity contribution in [2.24, 2.45) is 5.92 Å². The molecule has 0 saturated carbocycles. The third kappa shape index (κ3) is 2.43. The first kappa shape index (κ1) is 10.0. The summed E-state index contributed by atoms with van der Waals surface area (Å²) in [5, 5.41) is 9.88. The zero-order valence-electron chi connectivity index (χ0n) is 7.82. The molecule has 1 aliphatic carbocycles. The molecular weight excluding hydrogens is 160 g/mol. The molecule has 1 heteroatoms. The van der Waals surface area contributed by atoms with Gasteiger partial charge in [-0.1, -0.05) is 30.4 Å². The summed E-state index contributed by atoms with van der Waals surface area (Å²) in [5.41, 5.74) is 1.05. The fourth-order valence-corrected chi connectivity index (χ4v) is 1.56. The number of hydrogen-bond acceptors (Lipinski definition) is 1. The van der Waals surface area contributed by atoms with Gasteiger partial charge in [0.2, 0.25) is 0 Å². The molecule has 0 heterocycles. The van der Waals surface area contributed by atoms with Crippen LogP contribution in [-0.2, 0) is 0 Å². The predicted octanol–water partition coefficient (Wildman–Crippen LogP) is 2.61. The number of aliphatic hydroxyl groups is 1. The number of allylic oxidation sites excluding steroid dienone is 4. The average Bonchev–Trinajstić information content (AvgIpc) is 2.13. The Morgan fingerprint density at radius 3 is 2.77 bits per heavy atom. The zero-order chi connectivity index (χ0) is 9.68. The Morgan fingerprint density at radius 1 is 1.38 bits per heavy atom. The van der Waals surface area contributed by atoms with Crippen LogP contribution in [0.4, 0.5) is 0 Å². The molecular formula is C12H16O. The molecule has 0 aliphatic heterocycles. The van der Waals surface area contributed by atoms with Gasteiger partial charge >= 0.3 is 0 Å². The lowest BCUT2D eigenvalue weighted by Crippen LogP contribution is -2.22. The lowest BCUT2D eigenvalue weighted by atomic mass is 9.87. The van der Waals surface area contributed by atoms with E-state index in [0.717, 1.165) is 18.4 Å². The molecule has 0 amide bonds. The Morgan fingerprint density at radius 2 is 2.15 bits per heavy atom. The molecule has 0 radical (unpaired) electrons. The van der Waals surface area contributed by atoms with Crippen LogP contribution >= 0.6 is 0 Å². The highest BCUT2D eigenvalue weighted by atomic mass is 16.3. The topological polar surface area (TPSA) is 20.2 Å². The van der Waals surface area contributed by atoms with E-state index >= 15 is 0 Å². The van der Waals surface area contributed by atoms with Gasteiger partial charge in [-0.15, -0.1) is 13.2 Å². The van der Waals surface area contributed by atoms with Crippen LogP contribution in [0, 0.1) is 5.92 Å². The van der Waals surface area contributed by atoms with Crippen molar-refractivity contribution in [3.8, 4) is 0 Å². The molecule has 0 saturated heterocycles. The summed E-state index contributed by atoms with van der Waals surface area (Å²) in [6.45, 7) is 7.34. The van der Waals surface area contributed by atoms with Crippen LogP contribution in [0.1, 0.15) is 12.8 Å². The highest BCUT2D eigenvalue weighted by Crippen LogP contribution is 2.24. The summed E-state index contributed by atoms with van der Waals surface area (Å²) in [6, 6.07) is 0. The van der Waals surface area contributed by atoms with E-state index in [0.29, 0.717) is 0 Å². The highest BCUT2D eigenvalue weighted by Gasteiger charge is 2.20. The standard InChI is InChI=1S/C12H16O/c1-3-6-10-8-5-9-11(7-4-2)12(10)13/h3-5,8-10,12-13H,1-2,6-7H2. The average molecular weight is 176 g/mol. The van der Waals surface area contributed by atoms with Gasteiger partial charge in [0.15, 0.2) is 0 Å². The van der Waals surface area contributed by atoms with Gasteiger partial charge in [0.25, 0.3) is 0 Å². The van der Waals surface area contributed by atoms with Crippen molar-refractivity contribution in [2.75, 3.05) is 0 Å². The van der Waals surface area contributed by atoms with Gasteiger partial charge in [0.1, 0.15) is 0 Å². The SMILES string of the molecule is C=CCC1=CC=CC(CC=C)C1O. The van der Waals surface area contributed by atoms with Crippen molar-refractivity contribution in [1.82, 2.24) is 0 Å². The molecule has 1 aliphatic rings. The third-order valence-corrected chi connectivity index (χ3v) is 2.27. The second-order valence-electron chi connectivity index (χ2n) is 3.25. The normalized spacial score (nSPS) is 26.7. The van der Waals surface area contributed by atoms with Crippen LogP contribution < -0.4 is 0 Å². The molecule has 13 heavy (non-hydrogen) atoms. The van der Waals surface area contributed by atoms with E-state index in [9.17, 15) is 5.11 Å². The third-order valence-electron chi connectivity index (χ3n) is 2.27. The van der Waals surface area contributed by atoms with Crippen molar-refractivity contribution in [3.05, 3.63) is 49.1 Å². The van der Waals surface area contributed by atoms with Crippen molar-refractivity contribution >= 4 is 0 Å². The maximum atomic E-state index is 9.88. The summed E-state index contributed by atoms with van der Waals surface area (Å²) in [6.07, 6.45) is 10.9. The van der Waals surface area contributed by atoms with Crippen molar-refractivity contribution in [3.63, 3.8) is 0 Å². The summed E-state index contributed by atoms with van der Waals surface area (Å²) in [4.78, 5) is 0. The van der Waals surface area contributed by atoms with Crippen LogP contribution in [0.2, 0.25) is 0 Å². The summed E-state index contributed by atoms with van der Waals surface area (Å²) < 4.78 is 0. The van der Waals surface area contributed by atoms with E-state index in [1.54, 1.807) is 0 Å². The lowest BCUT2D eigenvalue weighted by Gasteiger charge is -2.23. The van der Waals surface area contributed by atoms with Crippen LogP contribution in [0.15, 0.2) is 49.1 Å². The maximum absolute atomic E-state index is 9.88. The van der Waals surface area contributed by atoms with Crippen molar-refractivity contribution in [2.45, 2.75) is 18.9 Å². The van der Waals surface area contributed by atoms with Crippen LogP contribution in [0.25, 0.3) is 0 Å². The minimum absolute atomic E-state index is 0.192. The molecule has 0 fully saturated rings. The number of hydrogen-bond donors (Lipinski definition) is 1. The molecule has 0 aromatic carbocycles. The second kappa shape index (κ2) is 4.83. The smallest absolute Gasteiger partial charge is 0.0821 e. The van der Waals surface area contributed by atoms with E-state index in [2.05, 4.69) is 13.2 Å². The Labute approximate surface area is 79.8 Å². The Bertz CT molecular complexity index is 248. The fourth-order valence-electron chi connectivity index (χ4n) is 1.56. The van der Waals surface area contributed by atoms with Crippen molar-refractivity contribution in [1.29, 1.82) is 0 Å². The first-order valence-corrected chi connectivity index (χ1v) is 4.56. The Balaban J connectivity index is 2.67. The van der Waals surface area contributed by atoms with Gasteiger partial charge in [-0.05, 0) is 18.4 Å². The van der Waals surface area contributed by atoms with Gasteiger partial charge in [0, 0.05) is 5.92 Å². The molecule has 0 bridgehead atoms. The van der Waals surface area contributed by atoms with Gasteiger partial charge in [-0.25, -0.2) is 0 Å². The molecule has 2 atom stereocenters. The second-order valence-corrected chi connectivity index (χ2v) is 3.25. The minimum atomic E-state index is -0.360. The van der Waals surface area contributed by atoms with Gasteiger partial charge in [-0.2, -0.15) is 0 Å². The number of aliphatic hydroxyl groups excluding tert-OH is 1. The first-order valence-electron chi connectivity index (χ1n) is 4.56. The quantitative estimate of drug-likeness (QED) is 0.653. The zero-order valence-corrected chi connectivity index (χ0v) is 7.82. The summed E-state index contributed by atoms with van der Waals surface area (Å²) in [7, 11) is 0. The summed E-state index contributed by atoms with van der Waals surface area (Å²) >= 11 is 0. The van der Waals surface area contributed by atoms with Crippen LogP contribution in [0.3, 0.4) is 0 Å². The molecule has 1 nitrogen and oxygen atoms in total. The molecule has 0 aromatic rings. The van der Waals surface area contributed by atoms with E-state index in [-0.39, 0.29) is 12.0 Å². The summed E-state index contributed by atoms with van der Waals surface area (Å²) in [5.74, 6) is 0.192. The molecule has 1 N–H and O–H groups in total. The van der Waals surface area contributed by atoms with Gasteiger partial charge in [0.05, 0.1) is 6.10 Å². The molecule has 1 rings (SSSR count).